The summed E-state index contributed by atoms with van der Waals surface area (Å²) in [6.07, 6.45) is 1.63. The first-order chi connectivity index (χ1) is 19.2. The van der Waals surface area contributed by atoms with Gasteiger partial charge in [-0.3, -0.25) is 0 Å². The third kappa shape index (κ3) is 5.93. The molecule has 0 bridgehead atoms. The molecule has 0 aromatic heterocycles. The van der Waals surface area contributed by atoms with Crippen molar-refractivity contribution in [2.45, 2.75) is 83.5 Å². The normalized spacial score (nSPS) is 12.6. The van der Waals surface area contributed by atoms with Crippen LogP contribution in [0.15, 0.2) is 84.9 Å². The first-order valence-electron chi connectivity index (χ1n) is 14.4. The molecule has 216 valence electrons. The molecular formula is C37H44O4. The minimum Gasteiger partial charge on any atom is -0.508 e. The van der Waals surface area contributed by atoms with Crippen LogP contribution in [-0.4, -0.2) is 20.4 Å². The summed E-state index contributed by atoms with van der Waals surface area (Å²) in [5, 5.41) is 42.4. The maximum Gasteiger partial charge on any atom is 0.119 e. The average molecular weight is 553 g/mol. The van der Waals surface area contributed by atoms with Crippen molar-refractivity contribution in [3.05, 3.63) is 118 Å². The van der Waals surface area contributed by atoms with Crippen molar-refractivity contribution < 1.29 is 20.4 Å². The molecule has 4 aromatic rings. The van der Waals surface area contributed by atoms with Crippen LogP contribution in [0.3, 0.4) is 0 Å². The highest BCUT2D eigenvalue weighted by Gasteiger charge is 2.44. The maximum absolute atomic E-state index is 11.0. The molecule has 0 aliphatic heterocycles. The van der Waals surface area contributed by atoms with Gasteiger partial charge in [0.25, 0.3) is 0 Å². The van der Waals surface area contributed by atoms with E-state index in [1.54, 1.807) is 36.4 Å². The largest absolute Gasteiger partial charge is 0.508 e. The molecule has 0 saturated heterocycles. The number of hydrogen-bond acceptors (Lipinski definition) is 4. The highest BCUT2D eigenvalue weighted by Crippen LogP contribution is 2.53. The zero-order valence-electron chi connectivity index (χ0n) is 25.4. The zero-order valence-corrected chi connectivity index (χ0v) is 25.4. The van der Waals surface area contributed by atoms with Gasteiger partial charge in [-0.1, -0.05) is 103 Å². The minimum absolute atomic E-state index is 0.193. The van der Waals surface area contributed by atoms with Crippen LogP contribution in [0.25, 0.3) is 0 Å². The van der Waals surface area contributed by atoms with Crippen LogP contribution >= 0.6 is 0 Å². The van der Waals surface area contributed by atoms with Crippen LogP contribution in [0, 0.1) is 0 Å². The fraction of sp³-hybridized carbons (Fsp3) is 0.351. The molecular weight excluding hydrogens is 508 g/mol. The fourth-order valence-corrected chi connectivity index (χ4v) is 6.25. The van der Waals surface area contributed by atoms with Crippen molar-refractivity contribution in [3.8, 4) is 23.0 Å². The smallest absolute Gasteiger partial charge is 0.119 e. The van der Waals surface area contributed by atoms with Crippen molar-refractivity contribution in [1.29, 1.82) is 0 Å². The van der Waals surface area contributed by atoms with E-state index in [-0.39, 0.29) is 39.7 Å². The van der Waals surface area contributed by atoms with Crippen molar-refractivity contribution >= 4 is 0 Å². The van der Waals surface area contributed by atoms with Gasteiger partial charge in [-0.25, -0.2) is 0 Å². The third-order valence-electron chi connectivity index (χ3n) is 8.23. The van der Waals surface area contributed by atoms with E-state index in [4.69, 9.17) is 0 Å². The van der Waals surface area contributed by atoms with Gasteiger partial charge in [0.1, 0.15) is 23.0 Å². The number of hydrogen-bond donors (Lipinski definition) is 4. The fourth-order valence-electron chi connectivity index (χ4n) is 6.25. The molecule has 0 aliphatic rings. The first kappa shape index (κ1) is 30.0. The van der Waals surface area contributed by atoms with E-state index in [1.807, 2.05) is 36.4 Å². The Morgan fingerprint density at radius 2 is 0.902 bits per heavy atom. The van der Waals surface area contributed by atoms with Crippen LogP contribution in [0.4, 0.5) is 0 Å². The molecule has 0 fully saturated rings. The molecule has 0 amide bonds. The number of benzene rings is 4. The predicted molar refractivity (Wildman–Crippen MR) is 167 cm³/mol. The average Bonchev–Trinajstić information content (AvgIpc) is 2.89. The van der Waals surface area contributed by atoms with Gasteiger partial charge in [0.2, 0.25) is 0 Å². The Hall–Kier alpha value is -3.92. The van der Waals surface area contributed by atoms with Crippen LogP contribution in [0.2, 0.25) is 0 Å². The van der Waals surface area contributed by atoms with Gasteiger partial charge < -0.3 is 20.4 Å². The second-order valence-corrected chi connectivity index (χ2v) is 13.3. The van der Waals surface area contributed by atoms with Gasteiger partial charge in [0, 0.05) is 11.3 Å². The van der Waals surface area contributed by atoms with Gasteiger partial charge >= 0.3 is 0 Å². The Bertz CT molecular complexity index is 1380. The maximum atomic E-state index is 11.0. The Kier molecular flexibility index (Phi) is 8.18. The molecule has 0 heterocycles. The van der Waals surface area contributed by atoms with Crippen LogP contribution < -0.4 is 0 Å². The quantitative estimate of drug-likeness (QED) is 0.184. The predicted octanol–water partition coefficient (Wildman–Crippen LogP) is 9.02. The van der Waals surface area contributed by atoms with Crippen LogP contribution in [0.5, 0.6) is 23.0 Å². The first-order valence-corrected chi connectivity index (χ1v) is 14.4. The standard InChI is InChI=1S/C37H44O4/c1-8-21-37(26-13-19-32(40)30(22-26)35(2,3)4,27-14-20-33(41)31(23-27)36(5,6)7)34(24-9-15-28(38)16-10-24)25-11-17-29(39)18-12-25/h9-20,22-23,34,38-41H,8,21H2,1-7H3. The lowest BCUT2D eigenvalue weighted by molar-refractivity contribution is 0.402. The van der Waals surface area contributed by atoms with Crippen LogP contribution in [-0.2, 0) is 16.2 Å². The molecule has 0 unspecified atom stereocenters. The molecule has 4 heteroatoms. The SMILES string of the molecule is CCCC(c1ccc(O)c(C(C)(C)C)c1)(c1ccc(O)c(C(C)(C)C)c1)C(c1ccc(O)cc1)c1ccc(O)cc1. The summed E-state index contributed by atoms with van der Waals surface area (Å²) in [6, 6.07) is 26.7. The number of phenols is 4. The number of aromatic hydroxyl groups is 4. The molecule has 0 radical (unpaired) electrons. The zero-order chi connectivity index (χ0) is 30.2. The van der Waals surface area contributed by atoms with Crippen molar-refractivity contribution in [2.75, 3.05) is 0 Å². The Morgan fingerprint density at radius 3 is 1.22 bits per heavy atom. The molecule has 41 heavy (non-hydrogen) atoms. The van der Waals surface area contributed by atoms with Gasteiger partial charge in [-0.2, -0.15) is 0 Å². The Morgan fingerprint density at radius 1 is 0.537 bits per heavy atom. The second kappa shape index (κ2) is 11.2. The van der Waals surface area contributed by atoms with E-state index in [0.29, 0.717) is 0 Å². The third-order valence-corrected chi connectivity index (χ3v) is 8.23. The van der Waals surface area contributed by atoms with E-state index >= 15 is 0 Å². The lowest BCUT2D eigenvalue weighted by Gasteiger charge is -2.44. The van der Waals surface area contributed by atoms with E-state index in [0.717, 1.165) is 46.2 Å². The molecule has 4 nitrogen and oxygen atoms in total. The molecule has 4 N–H and O–H groups in total. The molecule has 0 atom stereocenters. The van der Waals surface area contributed by atoms with Gasteiger partial charge in [0.05, 0.1) is 0 Å². The summed E-state index contributed by atoms with van der Waals surface area (Å²) in [4.78, 5) is 0. The van der Waals surface area contributed by atoms with Gasteiger partial charge in [0.15, 0.2) is 0 Å². The highest BCUT2D eigenvalue weighted by molar-refractivity contribution is 5.56. The lowest BCUT2D eigenvalue weighted by Crippen LogP contribution is -2.37. The van der Waals surface area contributed by atoms with E-state index < -0.39 is 5.41 Å². The molecule has 0 saturated carbocycles. The summed E-state index contributed by atoms with van der Waals surface area (Å²) >= 11 is 0. The van der Waals surface area contributed by atoms with Crippen molar-refractivity contribution in [3.63, 3.8) is 0 Å². The molecule has 0 aliphatic carbocycles. The minimum atomic E-state index is -0.635. The summed E-state index contributed by atoms with van der Waals surface area (Å²) in [5.41, 5.74) is 4.63. The Balaban J connectivity index is 2.20. The second-order valence-electron chi connectivity index (χ2n) is 13.3. The van der Waals surface area contributed by atoms with Crippen molar-refractivity contribution in [1.82, 2.24) is 0 Å². The topological polar surface area (TPSA) is 80.9 Å². The monoisotopic (exact) mass is 552 g/mol. The number of phenolic OH excluding ortho intramolecular Hbond substituents is 4. The summed E-state index contributed by atoms with van der Waals surface area (Å²) in [5.74, 6) is 0.688. The number of rotatable bonds is 7. The molecule has 0 spiro atoms. The van der Waals surface area contributed by atoms with E-state index in [9.17, 15) is 20.4 Å². The van der Waals surface area contributed by atoms with E-state index in [1.165, 1.54) is 0 Å². The molecule has 4 aromatic carbocycles. The van der Waals surface area contributed by atoms with Crippen LogP contribution in [0.1, 0.15) is 101 Å². The highest BCUT2D eigenvalue weighted by atomic mass is 16.3. The summed E-state index contributed by atoms with van der Waals surface area (Å²) in [7, 11) is 0. The summed E-state index contributed by atoms with van der Waals surface area (Å²) < 4.78 is 0. The molecule has 4 rings (SSSR count). The van der Waals surface area contributed by atoms with Gasteiger partial charge in [-0.05, 0) is 87.0 Å². The Labute approximate surface area is 245 Å². The van der Waals surface area contributed by atoms with E-state index in [2.05, 4.69) is 60.6 Å². The van der Waals surface area contributed by atoms with Gasteiger partial charge in [-0.15, -0.1) is 0 Å². The summed E-state index contributed by atoms with van der Waals surface area (Å²) in [6.45, 7) is 14.8. The lowest BCUT2D eigenvalue weighted by atomic mass is 9.58. The van der Waals surface area contributed by atoms with Crippen molar-refractivity contribution in [2.24, 2.45) is 0 Å².